The molecule has 0 spiro atoms. The zero-order valence-corrected chi connectivity index (χ0v) is 14.0. The van der Waals surface area contributed by atoms with Gasteiger partial charge < -0.3 is 14.7 Å². The van der Waals surface area contributed by atoms with Crippen LogP contribution < -0.4 is 4.90 Å². The minimum Gasteiger partial charge on any atom is -0.340 e. The van der Waals surface area contributed by atoms with E-state index in [2.05, 4.69) is 11.8 Å². The van der Waals surface area contributed by atoms with Crippen LogP contribution in [0.5, 0.6) is 0 Å². The van der Waals surface area contributed by atoms with Crippen molar-refractivity contribution in [1.82, 2.24) is 9.80 Å². The van der Waals surface area contributed by atoms with Crippen LogP contribution in [0.4, 0.5) is 18.9 Å². The van der Waals surface area contributed by atoms with Crippen molar-refractivity contribution in [3.8, 4) is 0 Å². The van der Waals surface area contributed by atoms with Crippen molar-refractivity contribution in [2.75, 3.05) is 44.2 Å². The number of carbonyl (C=O) groups is 2. The monoisotopic (exact) mass is 355 g/mol. The Balaban J connectivity index is 1.70. The minimum absolute atomic E-state index is 0.0202. The fraction of sp³-hybridized carbons (Fsp3) is 0.529. The van der Waals surface area contributed by atoms with Gasteiger partial charge in [-0.05, 0) is 18.7 Å². The van der Waals surface area contributed by atoms with Gasteiger partial charge in [-0.15, -0.1) is 0 Å². The molecule has 1 atom stereocenters. The van der Waals surface area contributed by atoms with Crippen molar-refractivity contribution < 1.29 is 22.8 Å². The van der Waals surface area contributed by atoms with Crippen LogP contribution in [0, 0.1) is 23.4 Å². The fourth-order valence-electron chi connectivity index (χ4n) is 3.37. The van der Waals surface area contributed by atoms with Crippen LogP contribution in [0.2, 0.25) is 0 Å². The number of nitrogens with zero attached hydrogens (tertiary/aromatic N) is 3. The van der Waals surface area contributed by atoms with E-state index in [1.54, 1.807) is 4.90 Å². The number of hydrogen-bond donors (Lipinski definition) is 0. The first-order valence-corrected chi connectivity index (χ1v) is 8.37. The highest BCUT2D eigenvalue weighted by molar-refractivity contribution is 6.00. The van der Waals surface area contributed by atoms with E-state index in [1.165, 1.54) is 0 Å². The lowest BCUT2D eigenvalue weighted by Crippen LogP contribution is -2.50. The number of likely N-dealkylation sites (N-methyl/N-ethyl adjacent to an activating group) is 1. The van der Waals surface area contributed by atoms with Gasteiger partial charge in [0.05, 0.1) is 11.6 Å². The maximum absolute atomic E-state index is 13.9. The second kappa shape index (κ2) is 7.03. The van der Waals surface area contributed by atoms with Crippen LogP contribution >= 0.6 is 0 Å². The van der Waals surface area contributed by atoms with E-state index < -0.39 is 29.3 Å². The molecule has 5 nitrogen and oxygen atoms in total. The largest absolute Gasteiger partial charge is 0.340 e. The van der Waals surface area contributed by atoms with Crippen molar-refractivity contribution in [3.63, 3.8) is 0 Å². The van der Waals surface area contributed by atoms with Gasteiger partial charge in [0.15, 0.2) is 17.5 Å². The van der Waals surface area contributed by atoms with Crippen molar-refractivity contribution >= 4 is 17.5 Å². The lowest BCUT2D eigenvalue weighted by atomic mass is 10.1. The number of carbonyl (C=O) groups excluding carboxylic acids is 2. The van der Waals surface area contributed by atoms with Gasteiger partial charge in [0.2, 0.25) is 11.8 Å². The molecule has 3 rings (SSSR count). The summed E-state index contributed by atoms with van der Waals surface area (Å²) < 4.78 is 40.4. The van der Waals surface area contributed by atoms with Crippen molar-refractivity contribution in [2.45, 2.75) is 13.3 Å². The van der Waals surface area contributed by atoms with E-state index in [4.69, 9.17) is 0 Å². The maximum atomic E-state index is 13.9. The minimum atomic E-state index is -1.62. The van der Waals surface area contributed by atoms with Gasteiger partial charge in [0.25, 0.3) is 0 Å². The molecule has 2 aliphatic rings. The highest BCUT2D eigenvalue weighted by Gasteiger charge is 2.39. The summed E-state index contributed by atoms with van der Waals surface area (Å²) in [4.78, 5) is 29.8. The third-order valence-corrected chi connectivity index (χ3v) is 4.91. The summed E-state index contributed by atoms with van der Waals surface area (Å²) in [6, 6.07) is 1.80. The smallest absolute Gasteiger partial charge is 0.228 e. The first-order valence-electron chi connectivity index (χ1n) is 8.37. The zero-order valence-electron chi connectivity index (χ0n) is 14.0. The Morgan fingerprint density at radius 1 is 1.12 bits per heavy atom. The Hall–Kier alpha value is -2.09. The van der Waals surface area contributed by atoms with Crippen LogP contribution in [0.3, 0.4) is 0 Å². The summed E-state index contributed by atoms with van der Waals surface area (Å²) in [6.45, 7) is 5.71. The zero-order chi connectivity index (χ0) is 18.1. The van der Waals surface area contributed by atoms with Crippen LogP contribution in [0.15, 0.2) is 12.1 Å². The first-order chi connectivity index (χ1) is 11.9. The first kappa shape index (κ1) is 17.7. The van der Waals surface area contributed by atoms with E-state index in [1.807, 2.05) is 0 Å². The van der Waals surface area contributed by atoms with Gasteiger partial charge in [-0.3, -0.25) is 9.59 Å². The highest BCUT2D eigenvalue weighted by atomic mass is 19.2. The van der Waals surface area contributed by atoms with Gasteiger partial charge in [-0.2, -0.15) is 0 Å². The van der Waals surface area contributed by atoms with E-state index in [-0.39, 0.29) is 24.6 Å². The average Bonchev–Trinajstić information content (AvgIpc) is 3.01. The maximum Gasteiger partial charge on any atom is 0.228 e. The number of halogens is 3. The molecule has 1 aromatic carbocycles. The molecule has 1 aromatic rings. The second-order valence-corrected chi connectivity index (χ2v) is 6.36. The molecule has 0 radical (unpaired) electrons. The van der Waals surface area contributed by atoms with E-state index >= 15 is 0 Å². The Labute approximate surface area is 144 Å². The Morgan fingerprint density at radius 3 is 2.44 bits per heavy atom. The Kier molecular flexibility index (Phi) is 4.99. The van der Waals surface area contributed by atoms with Crippen LogP contribution in [-0.2, 0) is 9.59 Å². The molecule has 2 fully saturated rings. The SMILES string of the molecule is CCN1CCN(C(=O)C2CC(=O)N(c3ccc(F)c(F)c3F)C2)CC1. The summed E-state index contributed by atoms with van der Waals surface area (Å²) in [6.07, 6.45) is -0.0503. The topological polar surface area (TPSA) is 43.9 Å². The average molecular weight is 355 g/mol. The molecule has 8 heteroatoms. The van der Waals surface area contributed by atoms with Crippen molar-refractivity contribution in [2.24, 2.45) is 5.92 Å². The Bertz CT molecular complexity index is 690. The second-order valence-electron chi connectivity index (χ2n) is 6.36. The molecule has 2 saturated heterocycles. The predicted octanol–water partition coefficient (Wildman–Crippen LogP) is 1.62. The third kappa shape index (κ3) is 3.35. The molecule has 1 unspecified atom stereocenters. The molecule has 0 aliphatic carbocycles. The Morgan fingerprint density at radius 2 is 1.80 bits per heavy atom. The summed E-state index contributed by atoms with van der Waals surface area (Å²) in [5.41, 5.74) is -0.324. The normalized spacial score (nSPS) is 21.9. The number of anilines is 1. The number of hydrogen-bond acceptors (Lipinski definition) is 3. The van der Waals surface area contributed by atoms with Gasteiger partial charge >= 0.3 is 0 Å². The molecule has 0 N–H and O–H groups in total. The molecule has 2 amide bonds. The van der Waals surface area contributed by atoms with Gasteiger partial charge in [0.1, 0.15) is 0 Å². The van der Waals surface area contributed by atoms with Crippen molar-refractivity contribution in [3.05, 3.63) is 29.6 Å². The van der Waals surface area contributed by atoms with Crippen LogP contribution in [0.1, 0.15) is 13.3 Å². The lowest BCUT2D eigenvalue weighted by Gasteiger charge is -2.35. The molecule has 0 saturated carbocycles. The number of amides is 2. The number of piperazine rings is 1. The molecule has 25 heavy (non-hydrogen) atoms. The van der Waals surface area contributed by atoms with Gasteiger partial charge in [-0.25, -0.2) is 13.2 Å². The van der Waals surface area contributed by atoms with Crippen LogP contribution in [0.25, 0.3) is 0 Å². The molecule has 2 heterocycles. The number of benzene rings is 1. The molecule has 0 bridgehead atoms. The van der Waals surface area contributed by atoms with Crippen molar-refractivity contribution in [1.29, 1.82) is 0 Å². The number of rotatable bonds is 3. The summed E-state index contributed by atoms with van der Waals surface area (Å²) >= 11 is 0. The molecular weight excluding hydrogens is 335 g/mol. The fourth-order valence-corrected chi connectivity index (χ4v) is 3.37. The van der Waals surface area contributed by atoms with Crippen LogP contribution in [-0.4, -0.2) is 60.9 Å². The standard InChI is InChI=1S/C17H20F3N3O2/c1-2-21-5-7-22(8-6-21)17(25)11-9-14(24)23(10-11)13-4-3-12(18)15(19)16(13)20/h3-4,11H,2,5-10H2,1H3. The quantitative estimate of drug-likeness (QED) is 0.774. The summed E-state index contributed by atoms with van der Waals surface area (Å²) in [7, 11) is 0. The molecule has 2 aliphatic heterocycles. The molecule has 136 valence electrons. The highest BCUT2D eigenvalue weighted by Crippen LogP contribution is 2.30. The lowest BCUT2D eigenvalue weighted by molar-refractivity contribution is -0.137. The van der Waals surface area contributed by atoms with E-state index in [0.29, 0.717) is 13.1 Å². The van der Waals surface area contributed by atoms with Gasteiger partial charge in [-0.1, -0.05) is 6.92 Å². The summed E-state index contributed by atoms with van der Waals surface area (Å²) in [5.74, 6) is -5.53. The molecular formula is C17H20F3N3O2. The van der Waals surface area contributed by atoms with E-state index in [0.717, 1.165) is 36.7 Å². The third-order valence-electron chi connectivity index (χ3n) is 4.91. The predicted molar refractivity (Wildman–Crippen MR) is 85.5 cm³/mol. The summed E-state index contributed by atoms with van der Waals surface area (Å²) in [5, 5.41) is 0. The van der Waals surface area contributed by atoms with Gasteiger partial charge in [0, 0.05) is 39.1 Å². The molecule has 0 aromatic heterocycles. The van der Waals surface area contributed by atoms with E-state index in [9.17, 15) is 22.8 Å².